The van der Waals surface area contributed by atoms with Gasteiger partial charge in [-0.05, 0) is 57.3 Å². The van der Waals surface area contributed by atoms with E-state index >= 15 is 0 Å². The van der Waals surface area contributed by atoms with Crippen molar-refractivity contribution in [1.82, 2.24) is 21.3 Å². The van der Waals surface area contributed by atoms with E-state index in [1.165, 1.54) is 0 Å². The molecular formula is C28H50N4O7. The lowest BCUT2D eigenvalue weighted by molar-refractivity contribution is -0.138. The summed E-state index contributed by atoms with van der Waals surface area (Å²) in [6.07, 6.45) is 6.01. The molecule has 3 unspecified atom stereocenters. The van der Waals surface area contributed by atoms with Crippen molar-refractivity contribution in [3.63, 3.8) is 0 Å². The van der Waals surface area contributed by atoms with Gasteiger partial charge in [0.25, 0.3) is 0 Å². The normalized spacial score (nSPS) is 21.6. The zero-order valence-electron chi connectivity index (χ0n) is 24.8. The van der Waals surface area contributed by atoms with E-state index in [4.69, 9.17) is 14.6 Å². The summed E-state index contributed by atoms with van der Waals surface area (Å²) in [6, 6.07) is -0.0339. The van der Waals surface area contributed by atoms with Gasteiger partial charge >= 0.3 is 18.2 Å². The number of rotatable bonds is 15. The Morgan fingerprint density at radius 2 is 1.74 bits per heavy atom. The van der Waals surface area contributed by atoms with Crippen molar-refractivity contribution >= 4 is 24.1 Å². The average molecular weight is 555 g/mol. The number of alkyl carbamates (subject to hydrolysis) is 2. The summed E-state index contributed by atoms with van der Waals surface area (Å²) >= 11 is 0. The van der Waals surface area contributed by atoms with E-state index in [2.05, 4.69) is 42.0 Å². The topological polar surface area (TPSA) is 155 Å². The lowest BCUT2D eigenvalue weighted by Gasteiger charge is -2.46. The van der Waals surface area contributed by atoms with Crippen LogP contribution >= 0.6 is 0 Å². The highest BCUT2D eigenvalue weighted by molar-refractivity contribution is 5.77. The van der Waals surface area contributed by atoms with Gasteiger partial charge in [0.1, 0.15) is 6.10 Å². The molecule has 0 aromatic heterocycles. The molecule has 0 heterocycles. The number of carbonyl (C=O) groups is 4. The van der Waals surface area contributed by atoms with Crippen LogP contribution in [-0.2, 0) is 19.1 Å². The number of hydrogen-bond acceptors (Lipinski definition) is 7. The van der Waals surface area contributed by atoms with E-state index in [-0.39, 0.29) is 48.4 Å². The summed E-state index contributed by atoms with van der Waals surface area (Å²) in [5.74, 6) is -1.11. The van der Waals surface area contributed by atoms with Gasteiger partial charge in [0, 0.05) is 31.0 Å². The summed E-state index contributed by atoms with van der Waals surface area (Å²) in [4.78, 5) is 47.4. The molecule has 0 bridgehead atoms. The van der Waals surface area contributed by atoms with Crippen LogP contribution in [0.1, 0.15) is 93.4 Å². The molecule has 5 N–H and O–H groups in total. The summed E-state index contributed by atoms with van der Waals surface area (Å²) < 4.78 is 10.6. The number of hydrogen-bond donors (Lipinski definition) is 5. The van der Waals surface area contributed by atoms with Crippen molar-refractivity contribution in [3.8, 4) is 0 Å². The standard InChI is InChI=1S/C28H50N4O7/c1-8-21(12-10-11-13-22(33)30-19-31-27(5,6)16-23(34)35)39-24(36)29-18-28(7)15-20(14-26(3,4)17-28)32-25(37)38-9-2/h10-11,20-21,31H,8-9,12-19H2,1-7H3,(H,29,36)(H,30,33)(H,32,37)(H,34,35)/b11-10+. The van der Waals surface area contributed by atoms with Gasteiger partial charge in [-0.1, -0.05) is 39.8 Å². The Hall–Kier alpha value is -2.82. The van der Waals surface area contributed by atoms with Crippen LogP contribution in [0.25, 0.3) is 0 Å². The third-order valence-corrected chi connectivity index (χ3v) is 6.74. The second-order valence-corrected chi connectivity index (χ2v) is 12.2. The first-order chi connectivity index (χ1) is 18.1. The number of carboxylic acids is 1. The smallest absolute Gasteiger partial charge is 0.407 e. The minimum absolute atomic E-state index is 0.00345. The highest BCUT2D eigenvalue weighted by atomic mass is 16.6. The zero-order valence-corrected chi connectivity index (χ0v) is 24.8. The summed E-state index contributed by atoms with van der Waals surface area (Å²) in [7, 11) is 0. The Kier molecular flexibility index (Phi) is 13.8. The number of nitrogens with one attached hydrogen (secondary N) is 4. The molecule has 11 nitrogen and oxygen atoms in total. The van der Waals surface area contributed by atoms with Crippen molar-refractivity contribution in [1.29, 1.82) is 0 Å². The minimum atomic E-state index is -0.910. The Labute approximate surface area is 233 Å². The van der Waals surface area contributed by atoms with E-state index in [1.54, 1.807) is 26.8 Å². The largest absolute Gasteiger partial charge is 0.481 e. The number of ether oxygens (including phenoxy) is 2. The van der Waals surface area contributed by atoms with Gasteiger partial charge in [0.15, 0.2) is 0 Å². The van der Waals surface area contributed by atoms with Crippen LogP contribution < -0.4 is 21.3 Å². The molecule has 1 fully saturated rings. The SMILES string of the molecule is CCOC(=O)NC1CC(C)(C)CC(C)(CNC(=O)OC(CC)C/C=C/CC(=O)NCNC(C)(C)CC(=O)O)C1. The molecule has 1 aliphatic rings. The fraction of sp³-hybridized carbons (Fsp3) is 0.786. The quantitative estimate of drug-likeness (QED) is 0.150. The van der Waals surface area contributed by atoms with Gasteiger partial charge in [-0.15, -0.1) is 0 Å². The van der Waals surface area contributed by atoms with Crippen molar-refractivity contribution < 1.29 is 33.8 Å². The van der Waals surface area contributed by atoms with Gasteiger partial charge in [-0.25, -0.2) is 9.59 Å². The van der Waals surface area contributed by atoms with Gasteiger partial charge in [-0.2, -0.15) is 0 Å². The van der Waals surface area contributed by atoms with E-state index in [0.29, 0.717) is 26.0 Å². The average Bonchev–Trinajstić information content (AvgIpc) is 2.77. The van der Waals surface area contributed by atoms with Crippen LogP contribution in [0.4, 0.5) is 9.59 Å². The van der Waals surface area contributed by atoms with E-state index < -0.39 is 23.7 Å². The van der Waals surface area contributed by atoms with Gasteiger partial charge in [-0.3, -0.25) is 14.9 Å². The first kappa shape index (κ1) is 34.2. The van der Waals surface area contributed by atoms with E-state index in [9.17, 15) is 19.2 Å². The zero-order chi connectivity index (χ0) is 29.7. The van der Waals surface area contributed by atoms with Crippen molar-refractivity contribution in [2.24, 2.45) is 10.8 Å². The van der Waals surface area contributed by atoms with Crippen LogP contribution in [0, 0.1) is 10.8 Å². The third-order valence-electron chi connectivity index (χ3n) is 6.74. The molecular weight excluding hydrogens is 504 g/mol. The Morgan fingerprint density at radius 3 is 2.36 bits per heavy atom. The number of carbonyl (C=O) groups excluding carboxylic acids is 3. The summed E-state index contributed by atoms with van der Waals surface area (Å²) in [6.45, 7) is 14.6. The Bertz CT molecular complexity index is 859. The van der Waals surface area contributed by atoms with Gasteiger partial charge in [0.2, 0.25) is 5.91 Å². The molecule has 39 heavy (non-hydrogen) atoms. The van der Waals surface area contributed by atoms with Crippen LogP contribution in [0.2, 0.25) is 0 Å². The second kappa shape index (κ2) is 15.7. The molecule has 0 aromatic carbocycles. The molecule has 1 rings (SSSR count). The Balaban J connectivity index is 2.45. The highest BCUT2D eigenvalue weighted by Gasteiger charge is 2.42. The van der Waals surface area contributed by atoms with E-state index in [0.717, 1.165) is 19.3 Å². The number of amides is 3. The van der Waals surface area contributed by atoms with Crippen molar-refractivity contribution in [2.75, 3.05) is 19.8 Å². The molecule has 1 aliphatic carbocycles. The fourth-order valence-electron chi connectivity index (χ4n) is 5.32. The van der Waals surface area contributed by atoms with Crippen LogP contribution in [0.3, 0.4) is 0 Å². The predicted octanol–water partition coefficient (Wildman–Crippen LogP) is 4.08. The van der Waals surface area contributed by atoms with Crippen molar-refractivity contribution in [3.05, 3.63) is 12.2 Å². The molecule has 0 aromatic rings. The monoisotopic (exact) mass is 554 g/mol. The summed E-state index contributed by atoms with van der Waals surface area (Å²) in [5, 5.41) is 20.5. The molecule has 3 amide bonds. The molecule has 0 saturated heterocycles. The molecule has 0 aliphatic heterocycles. The fourth-order valence-corrected chi connectivity index (χ4v) is 5.32. The van der Waals surface area contributed by atoms with Crippen molar-refractivity contribution in [2.45, 2.75) is 111 Å². The first-order valence-corrected chi connectivity index (χ1v) is 13.8. The lowest BCUT2D eigenvalue weighted by atomic mass is 9.62. The summed E-state index contributed by atoms with van der Waals surface area (Å²) in [5.41, 5.74) is -0.846. The Morgan fingerprint density at radius 1 is 1.05 bits per heavy atom. The first-order valence-electron chi connectivity index (χ1n) is 13.8. The van der Waals surface area contributed by atoms with Gasteiger partial charge < -0.3 is 30.5 Å². The molecule has 224 valence electrons. The lowest BCUT2D eigenvalue weighted by Crippen LogP contribution is -2.50. The maximum Gasteiger partial charge on any atom is 0.407 e. The minimum Gasteiger partial charge on any atom is -0.481 e. The number of carboxylic acid groups (broad SMARTS) is 1. The molecule has 3 atom stereocenters. The van der Waals surface area contributed by atoms with E-state index in [1.807, 2.05) is 13.0 Å². The maximum atomic E-state index is 12.6. The molecule has 0 spiro atoms. The van der Waals surface area contributed by atoms with Crippen LogP contribution in [0.15, 0.2) is 12.2 Å². The highest BCUT2D eigenvalue weighted by Crippen LogP contribution is 2.45. The maximum absolute atomic E-state index is 12.6. The van der Waals surface area contributed by atoms with Gasteiger partial charge in [0.05, 0.1) is 19.7 Å². The molecule has 11 heteroatoms. The second-order valence-electron chi connectivity index (χ2n) is 12.2. The van der Waals surface area contributed by atoms with Crippen LogP contribution in [0.5, 0.6) is 0 Å². The molecule has 0 radical (unpaired) electrons. The predicted molar refractivity (Wildman–Crippen MR) is 149 cm³/mol. The number of aliphatic carboxylic acids is 1. The molecule has 1 saturated carbocycles. The van der Waals surface area contributed by atoms with Crippen LogP contribution in [-0.4, -0.2) is 66.7 Å². The third kappa shape index (κ3) is 14.8.